The third-order valence-electron chi connectivity index (χ3n) is 6.47. The predicted octanol–water partition coefficient (Wildman–Crippen LogP) is 3.68. The number of thioether (sulfide) groups is 1. The zero-order chi connectivity index (χ0) is 19.0. The Labute approximate surface area is 193 Å². The van der Waals surface area contributed by atoms with Gasteiger partial charge in [-0.25, -0.2) is 0 Å². The van der Waals surface area contributed by atoms with Crippen molar-refractivity contribution < 1.29 is 4.74 Å². The molecule has 28 heavy (non-hydrogen) atoms. The molecule has 2 heterocycles. The van der Waals surface area contributed by atoms with E-state index >= 15 is 0 Å². The van der Waals surface area contributed by atoms with E-state index in [4.69, 9.17) is 9.73 Å². The van der Waals surface area contributed by atoms with Crippen molar-refractivity contribution in [1.29, 1.82) is 0 Å². The monoisotopic (exact) mass is 524 g/mol. The molecular formula is C21H41IN4OS. The maximum atomic E-state index is 5.21. The first kappa shape index (κ1) is 24.5. The van der Waals surface area contributed by atoms with Gasteiger partial charge in [0.15, 0.2) is 5.96 Å². The predicted molar refractivity (Wildman–Crippen MR) is 132 cm³/mol. The Hall–Kier alpha value is 0.270. The summed E-state index contributed by atoms with van der Waals surface area (Å²) in [6.45, 7) is 10.8. The molecule has 1 aliphatic carbocycles. The Morgan fingerprint density at radius 3 is 2.61 bits per heavy atom. The fourth-order valence-corrected chi connectivity index (χ4v) is 6.35. The van der Waals surface area contributed by atoms with Crippen LogP contribution in [-0.4, -0.2) is 85.8 Å². The lowest BCUT2D eigenvalue weighted by molar-refractivity contribution is 0.121. The van der Waals surface area contributed by atoms with Gasteiger partial charge in [-0.1, -0.05) is 19.3 Å². The molecule has 1 spiro atoms. The van der Waals surface area contributed by atoms with Gasteiger partial charge in [0.1, 0.15) is 0 Å². The first-order chi connectivity index (χ1) is 13.2. The van der Waals surface area contributed by atoms with E-state index in [2.05, 4.69) is 33.8 Å². The Morgan fingerprint density at radius 2 is 1.93 bits per heavy atom. The number of hydrogen-bond acceptors (Lipinski definition) is 4. The van der Waals surface area contributed by atoms with Crippen molar-refractivity contribution in [2.45, 2.75) is 56.6 Å². The summed E-state index contributed by atoms with van der Waals surface area (Å²) in [4.78, 5) is 10.2. The number of piperidine rings is 1. The zero-order valence-electron chi connectivity index (χ0n) is 18.0. The Kier molecular flexibility index (Phi) is 11.3. The second kappa shape index (κ2) is 12.8. The maximum absolute atomic E-state index is 5.21. The minimum atomic E-state index is 0. The van der Waals surface area contributed by atoms with Gasteiger partial charge >= 0.3 is 0 Å². The number of nitrogens with one attached hydrogen (secondary N) is 1. The lowest BCUT2D eigenvalue weighted by Crippen LogP contribution is -2.53. The average molecular weight is 525 g/mol. The number of aliphatic imine (C=N–C) groups is 1. The maximum Gasteiger partial charge on any atom is 0.193 e. The van der Waals surface area contributed by atoms with Crippen molar-refractivity contribution in [3.05, 3.63) is 0 Å². The highest BCUT2D eigenvalue weighted by Crippen LogP contribution is 2.42. The molecule has 0 aromatic rings. The van der Waals surface area contributed by atoms with Crippen molar-refractivity contribution >= 4 is 41.7 Å². The van der Waals surface area contributed by atoms with Crippen LogP contribution in [0.1, 0.15) is 51.9 Å². The normalized spacial score (nSPS) is 24.2. The van der Waals surface area contributed by atoms with Gasteiger partial charge in [0.2, 0.25) is 0 Å². The van der Waals surface area contributed by atoms with E-state index in [9.17, 15) is 0 Å². The molecule has 2 saturated heterocycles. The van der Waals surface area contributed by atoms with Gasteiger partial charge in [0.05, 0.1) is 6.61 Å². The van der Waals surface area contributed by atoms with Gasteiger partial charge < -0.3 is 19.9 Å². The molecule has 0 atom stereocenters. The summed E-state index contributed by atoms with van der Waals surface area (Å²) in [6, 6.07) is 0. The summed E-state index contributed by atoms with van der Waals surface area (Å²) in [5, 5.41) is 3.59. The van der Waals surface area contributed by atoms with Crippen molar-refractivity contribution in [3.63, 3.8) is 0 Å². The molecule has 2 aliphatic heterocycles. The second-order valence-corrected chi connectivity index (χ2v) is 10.0. The lowest BCUT2D eigenvalue weighted by Gasteiger charge is -2.45. The molecule has 0 aromatic carbocycles. The summed E-state index contributed by atoms with van der Waals surface area (Å²) in [5.41, 5.74) is 0. The molecular weight excluding hydrogens is 483 g/mol. The van der Waals surface area contributed by atoms with Crippen molar-refractivity contribution in [2.24, 2.45) is 10.9 Å². The van der Waals surface area contributed by atoms with Gasteiger partial charge in [0.25, 0.3) is 0 Å². The van der Waals surface area contributed by atoms with Crippen LogP contribution in [0.3, 0.4) is 0 Å². The molecule has 7 heteroatoms. The van der Waals surface area contributed by atoms with E-state index in [0.717, 1.165) is 38.7 Å². The standard InChI is InChI=1S/C21H40N4OS.HI/c1-3-22-20(23-17-19-7-11-24(12-8-19)13-15-26-2)25-14-16-27-21(18-25)9-5-4-6-10-21;/h19H,3-18H2,1-2H3,(H,22,23);1H. The molecule has 1 N–H and O–H groups in total. The van der Waals surface area contributed by atoms with Crippen LogP contribution in [0.15, 0.2) is 4.99 Å². The highest BCUT2D eigenvalue weighted by molar-refractivity contribution is 14.0. The number of guanidine groups is 1. The molecule has 164 valence electrons. The molecule has 5 nitrogen and oxygen atoms in total. The quantitative estimate of drug-likeness (QED) is 0.326. The summed E-state index contributed by atoms with van der Waals surface area (Å²) in [5.74, 6) is 3.16. The average Bonchev–Trinajstić information content (AvgIpc) is 2.71. The van der Waals surface area contributed by atoms with Crippen LogP contribution in [0.2, 0.25) is 0 Å². The molecule has 0 aromatic heterocycles. The summed E-state index contributed by atoms with van der Waals surface area (Å²) in [6.07, 6.45) is 9.59. The van der Waals surface area contributed by atoms with Gasteiger partial charge in [-0.2, -0.15) is 11.8 Å². The van der Waals surface area contributed by atoms with Crippen LogP contribution in [-0.2, 0) is 4.74 Å². The molecule has 3 aliphatic rings. The van der Waals surface area contributed by atoms with Crippen molar-refractivity contribution in [2.75, 3.05) is 65.3 Å². The van der Waals surface area contributed by atoms with Crippen molar-refractivity contribution in [3.8, 4) is 0 Å². The van der Waals surface area contributed by atoms with E-state index in [-0.39, 0.29) is 24.0 Å². The van der Waals surface area contributed by atoms with Crippen LogP contribution < -0.4 is 5.32 Å². The zero-order valence-corrected chi connectivity index (χ0v) is 21.1. The number of likely N-dealkylation sites (tertiary alicyclic amines) is 1. The molecule has 1 saturated carbocycles. The van der Waals surface area contributed by atoms with Crippen LogP contribution in [0.5, 0.6) is 0 Å². The van der Waals surface area contributed by atoms with Crippen LogP contribution in [0, 0.1) is 5.92 Å². The fraction of sp³-hybridized carbons (Fsp3) is 0.952. The van der Waals surface area contributed by atoms with Gasteiger partial charge in [0, 0.05) is 50.3 Å². The lowest BCUT2D eigenvalue weighted by atomic mass is 9.87. The highest BCUT2D eigenvalue weighted by Gasteiger charge is 2.38. The van der Waals surface area contributed by atoms with E-state index in [0.29, 0.717) is 4.75 Å². The molecule has 3 fully saturated rings. The first-order valence-corrected chi connectivity index (χ1v) is 12.1. The Bertz CT molecular complexity index is 460. The molecule has 0 radical (unpaired) electrons. The largest absolute Gasteiger partial charge is 0.383 e. The Morgan fingerprint density at radius 1 is 1.18 bits per heavy atom. The van der Waals surface area contributed by atoms with E-state index in [1.54, 1.807) is 7.11 Å². The molecule has 0 bridgehead atoms. The molecule has 0 amide bonds. The third-order valence-corrected chi connectivity index (χ3v) is 8.00. The first-order valence-electron chi connectivity index (χ1n) is 11.1. The van der Waals surface area contributed by atoms with Crippen molar-refractivity contribution in [1.82, 2.24) is 15.1 Å². The SMILES string of the molecule is CCNC(=NCC1CCN(CCOC)CC1)N1CCSC2(CCCCC2)C1.I. The number of hydrogen-bond donors (Lipinski definition) is 1. The topological polar surface area (TPSA) is 40.1 Å². The minimum absolute atomic E-state index is 0. The third kappa shape index (κ3) is 7.20. The smallest absolute Gasteiger partial charge is 0.193 e. The van der Waals surface area contributed by atoms with E-state index in [1.165, 1.54) is 76.3 Å². The fourth-order valence-electron chi connectivity index (χ4n) is 4.78. The summed E-state index contributed by atoms with van der Waals surface area (Å²) in [7, 11) is 1.79. The number of rotatable bonds is 6. The highest BCUT2D eigenvalue weighted by atomic mass is 127. The van der Waals surface area contributed by atoms with Gasteiger partial charge in [-0.3, -0.25) is 4.99 Å². The number of ether oxygens (including phenoxy) is 1. The summed E-state index contributed by atoms with van der Waals surface area (Å²) < 4.78 is 5.71. The molecule has 3 rings (SSSR count). The minimum Gasteiger partial charge on any atom is -0.383 e. The number of methoxy groups -OCH3 is 1. The van der Waals surface area contributed by atoms with Crippen LogP contribution in [0.4, 0.5) is 0 Å². The van der Waals surface area contributed by atoms with E-state index < -0.39 is 0 Å². The molecule has 0 unspecified atom stereocenters. The Balaban J connectivity index is 0.00000280. The second-order valence-electron chi connectivity index (χ2n) is 8.49. The van der Waals surface area contributed by atoms with Crippen LogP contribution in [0.25, 0.3) is 0 Å². The number of nitrogens with zero attached hydrogens (tertiary/aromatic N) is 3. The van der Waals surface area contributed by atoms with Crippen LogP contribution >= 0.6 is 35.7 Å². The van der Waals surface area contributed by atoms with Gasteiger partial charge in [-0.15, -0.1) is 24.0 Å². The number of halogens is 1. The van der Waals surface area contributed by atoms with E-state index in [1.807, 2.05) is 0 Å². The van der Waals surface area contributed by atoms with Gasteiger partial charge in [-0.05, 0) is 51.6 Å². The summed E-state index contributed by atoms with van der Waals surface area (Å²) >= 11 is 2.24.